The molecule has 0 aliphatic carbocycles. The van der Waals surface area contributed by atoms with Crippen LogP contribution in [0, 0.1) is 11.3 Å². The molecule has 2 N–H and O–H groups in total. The van der Waals surface area contributed by atoms with Crippen molar-refractivity contribution in [3.8, 4) is 6.07 Å². The molecule has 0 unspecified atom stereocenters. The maximum atomic E-state index is 12.3. The van der Waals surface area contributed by atoms with Crippen LogP contribution in [0.5, 0.6) is 0 Å². The summed E-state index contributed by atoms with van der Waals surface area (Å²) in [6.45, 7) is 1.40. The molecule has 0 fully saturated rings. The summed E-state index contributed by atoms with van der Waals surface area (Å²) in [5.74, 6) is -1.42. The molecule has 0 saturated heterocycles. The Morgan fingerprint density at radius 2 is 1.96 bits per heavy atom. The van der Waals surface area contributed by atoms with Gasteiger partial charge in [-0.25, -0.2) is 4.79 Å². The molecule has 3 aromatic rings. The number of nitriles is 1. The number of nitrogens with one attached hydrogen (secondary N) is 2. The molecule has 8 heteroatoms. The highest BCUT2D eigenvalue weighted by Gasteiger charge is 2.20. The number of carbonyl (C=O) groups excluding carboxylic acids is 2. The Kier molecular flexibility index (Phi) is 5.43. The Balaban J connectivity index is 1.72. The Hall–Kier alpha value is -3.63. The van der Waals surface area contributed by atoms with Gasteiger partial charge in [-0.15, -0.1) is 0 Å². The van der Waals surface area contributed by atoms with E-state index in [9.17, 15) is 14.4 Å². The highest BCUT2D eigenvalue weighted by molar-refractivity contribution is 6.32. The zero-order valence-electron chi connectivity index (χ0n) is 14.7. The molecular formula is C20H14ClN3O4. The molecule has 28 heavy (non-hydrogen) atoms. The van der Waals surface area contributed by atoms with E-state index in [-0.39, 0.29) is 16.3 Å². The van der Waals surface area contributed by atoms with E-state index in [1.807, 2.05) is 6.07 Å². The highest BCUT2D eigenvalue weighted by atomic mass is 35.5. The topological polar surface area (TPSA) is 112 Å². The van der Waals surface area contributed by atoms with Crippen LogP contribution >= 0.6 is 11.6 Å². The minimum absolute atomic E-state index is 0.0511. The number of aromatic amines is 1. The first kappa shape index (κ1) is 19.1. The average molecular weight is 396 g/mol. The van der Waals surface area contributed by atoms with Crippen LogP contribution in [0.1, 0.15) is 23.0 Å². The molecule has 0 bridgehead atoms. The fourth-order valence-electron chi connectivity index (χ4n) is 2.53. The minimum Gasteiger partial charge on any atom is -0.448 e. The summed E-state index contributed by atoms with van der Waals surface area (Å²) in [4.78, 5) is 39.1. The number of halogens is 1. The highest BCUT2D eigenvalue weighted by Crippen LogP contribution is 2.20. The van der Waals surface area contributed by atoms with E-state index in [1.54, 1.807) is 24.3 Å². The molecule has 1 atom stereocenters. The van der Waals surface area contributed by atoms with Gasteiger partial charge in [0.25, 0.3) is 11.5 Å². The molecule has 0 spiro atoms. The fourth-order valence-corrected chi connectivity index (χ4v) is 2.75. The Labute approximate surface area is 164 Å². The quantitative estimate of drug-likeness (QED) is 0.658. The van der Waals surface area contributed by atoms with Crippen LogP contribution in [-0.2, 0) is 9.53 Å². The number of hydrogen-bond acceptors (Lipinski definition) is 5. The lowest BCUT2D eigenvalue weighted by Gasteiger charge is -2.14. The fraction of sp³-hybridized carbons (Fsp3) is 0.100. The summed E-state index contributed by atoms with van der Waals surface area (Å²) in [6.07, 6.45) is -1.13. The van der Waals surface area contributed by atoms with Gasteiger partial charge in [-0.2, -0.15) is 5.26 Å². The number of H-pyrrole nitrogens is 1. The van der Waals surface area contributed by atoms with E-state index in [4.69, 9.17) is 21.6 Å². The normalized spacial score (nSPS) is 11.5. The zero-order chi connectivity index (χ0) is 20.3. The molecule has 7 nitrogen and oxygen atoms in total. The third kappa shape index (κ3) is 4.03. The van der Waals surface area contributed by atoms with Crippen molar-refractivity contribution in [2.75, 3.05) is 5.32 Å². The molecule has 1 aromatic heterocycles. The Bertz CT molecular complexity index is 1180. The van der Waals surface area contributed by atoms with Gasteiger partial charge in [0.1, 0.15) is 11.8 Å². The molecule has 0 aliphatic heterocycles. The van der Waals surface area contributed by atoms with Crippen molar-refractivity contribution in [2.24, 2.45) is 0 Å². The van der Waals surface area contributed by atoms with Crippen LogP contribution in [0.4, 0.5) is 5.69 Å². The van der Waals surface area contributed by atoms with Gasteiger partial charge >= 0.3 is 5.97 Å². The maximum Gasteiger partial charge on any atom is 0.355 e. The van der Waals surface area contributed by atoms with Crippen molar-refractivity contribution < 1.29 is 14.3 Å². The molecule has 3 rings (SSSR count). The molecule has 0 radical (unpaired) electrons. The van der Waals surface area contributed by atoms with Crippen LogP contribution in [-0.4, -0.2) is 23.0 Å². The summed E-state index contributed by atoms with van der Waals surface area (Å²) in [5.41, 5.74) is 0.162. The average Bonchev–Trinajstić information content (AvgIpc) is 2.68. The van der Waals surface area contributed by atoms with Crippen molar-refractivity contribution in [3.63, 3.8) is 0 Å². The van der Waals surface area contributed by atoms with Crippen molar-refractivity contribution in [2.45, 2.75) is 13.0 Å². The third-order valence-electron chi connectivity index (χ3n) is 3.98. The van der Waals surface area contributed by atoms with Crippen molar-refractivity contribution in [3.05, 3.63) is 75.2 Å². The number of carbonyl (C=O) groups is 2. The van der Waals surface area contributed by atoms with E-state index in [0.29, 0.717) is 16.5 Å². The number of rotatable bonds is 4. The molecule has 1 amide bonds. The van der Waals surface area contributed by atoms with Gasteiger partial charge in [-0.1, -0.05) is 29.8 Å². The van der Waals surface area contributed by atoms with Crippen LogP contribution in [0.15, 0.2) is 53.3 Å². The van der Waals surface area contributed by atoms with Gasteiger partial charge < -0.3 is 15.0 Å². The number of amides is 1. The van der Waals surface area contributed by atoms with Gasteiger partial charge in [0, 0.05) is 11.1 Å². The second kappa shape index (κ2) is 7.94. The third-order valence-corrected chi connectivity index (χ3v) is 4.30. The standard InChI is InChI=1S/C20H14ClN3O4/c1-11(18(25)23-14-7-6-13(10-22)16(21)9-14)28-20(27)17-8-12-4-2-3-5-15(12)19(26)24-17/h2-9,11H,1H3,(H,23,25)(H,24,26)/t11-/m0/s1. The maximum absolute atomic E-state index is 12.3. The van der Waals surface area contributed by atoms with Gasteiger partial charge in [0.15, 0.2) is 6.10 Å². The van der Waals surface area contributed by atoms with Crippen molar-refractivity contribution >= 4 is 39.9 Å². The molecule has 140 valence electrons. The largest absolute Gasteiger partial charge is 0.448 e. The monoisotopic (exact) mass is 395 g/mol. The van der Waals surface area contributed by atoms with Crippen LogP contribution in [0.3, 0.4) is 0 Å². The number of fused-ring (bicyclic) bond motifs is 1. The van der Waals surface area contributed by atoms with Crippen molar-refractivity contribution in [1.29, 1.82) is 5.26 Å². The van der Waals surface area contributed by atoms with E-state index in [2.05, 4.69) is 10.3 Å². The summed E-state index contributed by atoms with van der Waals surface area (Å²) < 4.78 is 5.14. The first-order valence-corrected chi connectivity index (χ1v) is 8.60. The lowest BCUT2D eigenvalue weighted by atomic mass is 10.1. The number of esters is 1. The predicted molar refractivity (Wildman–Crippen MR) is 104 cm³/mol. The number of benzene rings is 2. The number of anilines is 1. The number of nitrogens with zero attached hydrogens (tertiary/aromatic N) is 1. The number of aromatic nitrogens is 1. The number of ether oxygens (including phenoxy) is 1. The molecule has 2 aromatic carbocycles. The molecule has 0 saturated carbocycles. The second-order valence-corrected chi connectivity index (χ2v) is 6.35. The van der Waals surface area contributed by atoms with Gasteiger partial charge in [0.05, 0.1) is 10.6 Å². The van der Waals surface area contributed by atoms with Gasteiger partial charge in [0.2, 0.25) is 0 Å². The van der Waals surface area contributed by atoms with Gasteiger partial charge in [-0.3, -0.25) is 9.59 Å². The Morgan fingerprint density at radius 1 is 1.21 bits per heavy atom. The van der Waals surface area contributed by atoms with E-state index >= 15 is 0 Å². The van der Waals surface area contributed by atoms with E-state index in [1.165, 1.54) is 31.2 Å². The second-order valence-electron chi connectivity index (χ2n) is 5.94. The summed E-state index contributed by atoms with van der Waals surface area (Å²) in [6, 6.07) is 14.6. The number of pyridine rings is 1. The first-order chi connectivity index (χ1) is 13.4. The van der Waals surface area contributed by atoms with Crippen molar-refractivity contribution in [1.82, 2.24) is 4.98 Å². The minimum atomic E-state index is -1.13. The smallest absolute Gasteiger partial charge is 0.355 e. The SMILES string of the molecule is C[C@H](OC(=O)c1cc2ccccc2c(=O)[nH]1)C(=O)Nc1ccc(C#N)c(Cl)c1. The van der Waals surface area contributed by atoms with Gasteiger partial charge in [-0.05, 0) is 42.6 Å². The summed E-state index contributed by atoms with van der Waals surface area (Å²) in [7, 11) is 0. The summed E-state index contributed by atoms with van der Waals surface area (Å²) in [5, 5.41) is 12.6. The number of hydrogen-bond donors (Lipinski definition) is 2. The molecule has 1 heterocycles. The Morgan fingerprint density at radius 3 is 2.68 bits per heavy atom. The van der Waals surface area contributed by atoms with E-state index in [0.717, 1.165) is 0 Å². The zero-order valence-corrected chi connectivity index (χ0v) is 15.4. The first-order valence-electron chi connectivity index (χ1n) is 8.22. The van der Waals surface area contributed by atoms with Crippen LogP contribution < -0.4 is 10.9 Å². The van der Waals surface area contributed by atoms with Crippen LogP contribution in [0.2, 0.25) is 5.02 Å². The predicted octanol–water partition coefficient (Wildman–Crippen LogP) is 3.24. The van der Waals surface area contributed by atoms with E-state index < -0.39 is 23.5 Å². The summed E-state index contributed by atoms with van der Waals surface area (Å²) >= 11 is 5.93. The lowest BCUT2D eigenvalue weighted by Crippen LogP contribution is -2.30. The lowest BCUT2D eigenvalue weighted by molar-refractivity contribution is -0.123. The van der Waals surface area contributed by atoms with Crippen LogP contribution in [0.25, 0.3) is 10.8 Å². The molecular weight excluding hydrogens is 382 g/mol. The molecule has 0 aliphatic rings.